The molecule has 0 heterocycles. The van der Waals surface area contributed by atoms with Crippen molar-refractivity contribution >= 4 is 0 Å². The number of nitrogens with two attached hydrogens (primary N) is 1. The highest BCUT2D eigenvalue weighted by Gasteiger charge is 2.13. The Labute approximate surface area is 105 Å². The second-order valence-electron chi connectivity index (χ2n) is 5.34. The molecule has 2 heteroatoms. The van der Waals surface area contributed by atoms with Crippen LogP contribution in [0.3, 0.4) is 0 Å². The lowest BCUT2D eigenvalue weighted by atomic mass is 9.93. The van der Waals surface area contributed by atoms with Gasteiger partial charge in [0.2, 0.25) is 0 Å². The third-order valence-electron chi connectivity index (χ3n) is 3.28. The molecule has 17 heavy (non-hydrogen) atoms. The van der Waals surface area contributed by atoms with Gasteiger partial charge in [-0.2, -0.15) is 0 Å². The summed E-state index contributed by atoms with van der Waals surface area (Å²) in [5.41, 5.74) is 8.71. The van der Waals surface area contributed by atoms with Gasteiger partial charge >= 0.3 is 0 Å². The summed E-state index contributed by atoms with van der Waals surface area (Å²) >= 11 is 0. The monoisotopic (exact) mass is 235 g/mol. The van der Waals surface area contributed by atoms with Crippen LogP contribution in [0.15, 0.2) is 18.2 Å². The largest absolute Gasteiger partial charge is 0.496 e. The van der Waals surface area contributed by atoms with Crippen LogP contribution in [0, 0.1) is 5.92 Å². The van der Waals surface area contributed by atoms with E-state index < -0.39 is 0 Å². The first-order chi connectivity index (χ1) is 7.95. The number of hydrogen-bond donors (Lipinski definition) is 1. The summed E-state index contributed by atoms with van der Waals surface area (Å²) in [6.45, 7) is 8.72. The van der Waals surface area contributed by atoms with Crippen LogP contribution >= 0.6 is 0 Å². The average Bonchev–Trinajstić information content (AvgIpc) is 2.28. The van der Waals surface area contributed by atoms with Gasteiger partial charge in [-0.15, -0.1) is 0 Å². The van der Waals surface area contributed by atoms with Gasteiger partial charge < -0.3 is 10.5 Å². The Hall–Kier alpha value is -1.02. The Morgan fingerprint density at radius 1 is 1.18 bits per heavy atom. The molecule has 0 bridgehead atoms. The fraction of sp³-hybridized carbons (Fsp3) is 0.600. The van der Waals surface area contributed by atoms with Crippen LogP contribution in [0.4, 0.5) is 0 Å². The van der Waals surface area contributed by atoms with Gasteiger partial charge in [-0.25, -0.2) is 0 Å². The summed E-state index contributed by atoms with van der Waals surface area (Å²) in [6.07, 6.45) is 0.876. The highest BCUT2D eigenvalue weighted by Crippen LogP contribution is 2.25. The van der Waals surface area contributed by atoms with Crippen molar-refractivity contribution in [3.8, 4) is 5.75 Å². The first-order valence-corrected chi connectivity index (χ1v) is 6.38. The molecule has 96 valence electrons. The molecule has 1 aromatic rings. The van der Waals surface area contributed by atoms with E-state index in [2.05, 4.69) is 45.9 Å². The summed E-state index contributed by atoms with van der Waals surface area (Å²) in [4.78, 5) is 0. The van der Waals surface area contributed by atoms with Crippen molar-refractivity contribution in [3.63, 3.8) is 0 Å². The first kappa shape index (κ1) is 14.0. The van der Waals surface area contributed by atoms with Crippen molar-refractivity contribution in [1.82, 2.24) is 0 Å². The third-order valence-corrected chi connectivity index (χ3v) is 3.28. The van der Waals surface area contributed by atoms with Crippen LogP contribution in [-0.4, -0.2) is 13.2 Å². The van der Waals surface area contributed by atoms with Crippen LogP contribution in [0.25, 0.3) is 0 Å². The molecule has 1 aromatic carbocycles. The van der Waals surface area contributed by atoms with E-state index in [4.69, 9.17) is 10.5 Å². The summed E-state index contributed by atoms with van der Waals surface area (Å²) in [5, 5.41) is 0. The van der Waals surface area contributed by atoms with Crippen molar-refractivity contribution in [2.24, 2.45) is 11.7 Å². The molecule has 0 radical (unpaired) electrons. The van der Waals surface area contributed by atoms with Crippen molar-refractivity contribution in [2.45, 2.75) is 46.1 Å². The second kappa shape index (κ2) is 6.06. The molecule has 2 nitrogen and oxygen atoms in total. The van der Waals surface area contributed by atoms with Gasteiger partial charge in [0, 0.05) is 6.04 Å². The lowest BCUT2D eigenvalue weighted by Crippen LogP contribution is -2.28. The predicted molar refractivity (Wildman–Crippen MR) is 73.6 cm³/mol. The molecule has 0 saturated heterocycles. The molecule has 0 aliphatic carbocycles. The fourth-order valence-electron chi connectivity index (χ4n) is 1.81. The molecule has 0 fully saturated rings. The fourth-order valence-corrected chi connectivity index (χ4v) is 1.81. The quantitative estimate of drug-likeness (QED) is 0.849. The van der Waals surface area contributed by atoms with Gasteiger partial charge in [-0.05, 0) is 35.4 Å². The second-order valence-corrected chi connectivity index (χ2v) is 5.34. The number of ether oxygens (including phenoxy) is 1. The molecule has 1 unspecified atom stereocenters. The molecule has 0 amide bonds. The van der Waals surface area contributed by atoms with Gasteiger partial charge in [0.15, 0.2) is 0 Å². The summed E-state index contributed by atoms with van der Waals surface area (Å²) < 4.78 is 5.41. The van der Waals surface area contributed by atoms with E-state index in [0.717, 1.165) is 12.2 Å². The average molecular weight is 235 g/mol. The van der Waals surface area contributed by atoms with Gasteiger partial charge in [0.05, 0.1) is 7.11 Å². The zero-order valence-corrected chi connectivity index (χ0v) is 11.7. The molecule has 0 aliphatic rings. The molecular weight excluding hydrogens is 210 g/mol. The third kappa shape index (κ3) is 3.74. The van der Waals surface area contributed by atoms with Crippen LogP contribution < -0.4 is 10.5 Å². The van der Waals surface area contributed by atoms with Crippen LogP contribution in [-0.2, 0) is 6.42 Å². The highest BCUT2D eigenvalue weighted by atomic mass is 16.5. The Bertz CT molecular complexity index is 358. The molecule has 0 saturated carbocycles. The molecule has 0 aliphatic heterocycles. The molecule has 2 N–H and O–H groups in total. The van der Waals surface area contributed by atoms with E-state index in [1.807, 2.05) is 0 Å². The van der Waals surface area contributed by atoms with E-state index in [-0.39, 0.29) is 6.04 Å². The van der Waals surface area contributed by atoms with Gasteiger partial charge in [0.25, 0.3) is 0 Å². The highest BCUT2D eigenvalue weighted by molar-refractivity contribution is 5.39. The molecule has 1 atom stereocenters. The molecule has 1 rings (SSSR count). The van der Waals surface area contributed by atoms with Crippen LogP contribution in [0.5, 0.6) is 5.75 Å². The number of benzene rings is 1. The van der Waals surface area contributed by atoms with Crippen molar-refractivity contribution in [3.05, 3.63) is 29.3 Å². The Balaban J connectivity index is 2.97. The maximum Gasteiger partial charge on any atom is 0.122 e. The van der Waals surface area contributed by atoms with Crippen molar-refractivity contribution < 1.29 is 4.74 Å². The first-order valence-electron chi connectivity index (χ1n) is 6.38. The van der Waals surface area contributed by atoms with Gasteiger partial charge in [-0.3, -0.25) is 0 Å². The maximum absolute atomic E-state index is 6.14. The molecule has 0 spiro atoms. The minimum Gasteiger partial charge on any atom is -0.496 e. The lowest BCUT2D eigenvalue weighted by molar-refractivity contribution is 0.403. The van der Waals surface area contributed by atoms with Gasteiger partial charge in [-0.1, -0.05) is 39.8 Å². The maximum atomic E-state index is 6.14. The van der Waals surface area contributed by atoms with Crippen LogP contribution in [0.2, 0.25) is 0 Å². The van der Waals surface area contributed by atoms with E-state index in [1.165, 1.54) is 11.1 Å². The zero-order chi connectivity index (χ0) is 13.0. The summed E-state index contributed by atoms with van der Waals surface area (Å²) in [5.74, 6) is 1.97. The van der Waals surface area contributed by atoms with Gasteiger partial charge in [0.1, 0.15) is 5.75 Å². The summed E-state index contributed by atoms with van der Waals surface area (Å²) in [6, 6.07) is 6.60. The Morgan fingerprint density at radius 2 is 1.82 bits per heavy atom. The predicted octanol–water partition coefficient (Wildman–Crippen LogP) is 3.34. The molecule has 0 aromatic heterocycles. The number of rotatable bonds is 5. The van der Waals surface area contributed by atoms with E-state index >= 15 is 0 Å². The van der Waals surface area contributed by atoms with E-state index in [0.29, 0.717) is 11.8 Å². The number of hydrogen-bond acceptors (Lipinski definition) is 2. The van der Waals surface area contributed by atoms with E-state index in [9.17, 15) is 0 Å². The topological polar surface area (TPSA) is 35.2 Å². The minimum absolute atomic E-state index is 0.186. The Kier molecular flexibility index (Phi) is 5.01. The van der Waals surface area contributed by atoms with Crippen molar-refractivity contribution in [1.29, 1.82) is 0 Å². The summed E-state index contributed by atoms with van der Waals surface area (Å²) in [7, 11) is 1.72. The Morgan fingerprint density at radius 3 is 2.29 bits per heavy atom. The molecular formula is C15H25NO. The normalized spacial score (nSPS) is 13.2. The number of methoxy groups -OCH3 is 1. The van der Waals surface area contributed by atoms with Crippen molar-refractivity contribution in [2.75, 3.05) is 7.11 Å². The SMILES string of the molecule is COc1ccc(C(C)C)cc1CC(N)C(C)C. The van der Waals surface area contributed by atoms with Crippen LogP contribution in [0.1, 0.15) is 44.7 Å². The van der Waals surface area contributed by atoms with E-state index in [1.54, 1.807) is 7.11 Å². The smallest absolute Gasteiger partial charge is 0.122 e. The lowest BCUT2D eigenvalue weighted by Gasteiger charge is -2.18. The zero-order valence-electron chi connectivity index (χ0n) is 11.7. The standard InChI is InChI=1S/C15H25NO/c1-10(2)12-6-7-15(17-5)13(8-12)9-14(16)11(3)4/h6-8,10-11,14H,9,16H2,1-5H3. The minimum atomic E-state index is 0.186.